The fraction of sp³-hybridized carbons (Fsp3) is 0.733. The molecule has 0 aromatic carbocycles. The van der Waals surface area contributed by atoms with E-state index < -0.39 is 0 Å². The van der Waals surface area contributed by atoms with Crippen LogP contribution < -0.4 is 10.2 Å². The molecule has 3 heterocycles. The first-order chi connectivity index (χ1) is 9.11. The molecule has 0 amide bonds. The molecular formula is C15H24N4. The van der Waals surface area contributed by atoms with Crippen LogP contribution in [0.4, 0.5) is 5.82 Å². The van der Waals surface area contributed by atoms with Gasteiger partial charge in [-0.15, -0.1) is 0 Å². The zero-order valence-corrected chi connectivity index (χ0v) is 12.2. The largest absolute Gasteiger partial charge is 0.355 e. The molecule has 2 aliphatic rings. The van der Waals surface area contributed by atoms with Crippen LogP contribution in [0.25, 0.3) is 0 Å². The number of nitrogens with one attached hydrogen (secondary N) is 1. The van der Waals surface area contributed by atoms with Crippen molar-refractivity contribution in [2.75, 3.05) is 18.0 Å². The highest BCUT2D eigenvalue weighted by atomic mass is 15.2. The molecule has 0 radical (unpaired) electrons. The lowest BCUT2D eigenvalue weighted by molar-refractivity contribution is 0.563. The number of hydrogen-bond acceptors (Lipinski definition) is 4. The molecule has 2 fully saturated rings. The van der Waals surface area contributed by atoms with E-state index >= 15 is 0 Å². The van der Waals surface area contributed by atoms with Gasteiger partial charge in [-0.05, 0) is 26.2 Å². The Hall–Kier alpha value is -1.16. The summed E-state index contributed by atoms with van der Waals surface area (Å²) in [6.07, 6.45) is 3.89. The summed E-state index contributed by atoms with van der Waals surface area (Å²) >= 11 is 0. The highest BCUT2D eigenvalue weighted by molar-refractivity contribution is 5.41. The zero-order valence-electron chi connectivity index (χ0n) is 12.2. The van der Waals surface area contributed by atoms with Gasteiger partial charge in [0, 0.05) is 42.9 Å². The molecule has 1 aromatic rings. The molecule has 1 N–H and O–H groups in total. The van der Waals surface area contributed by atoms with Gasteiger partial charge in [-0.3, -0.25) is 0 Å². The summed E-state index contributed by atoms with van der Waals surface area (Å²) in [4.78, 5) is 11.8. The van der Waals surface area contributed by atoms with Crippen molar-refractivity contribution < 1.29 is 0 Å². The zero-order chi connectivity index (χ0) is 13.4. The van der Waals surface area contributed by atoms with Gasteiger partial charge in [-0.2, -0.15) is 0 Å². The van der Waals surface area contributed by atoms with Crippen LogP contribution in [0.5, 0.6) is 0 Å². The maximum Gasteiger partial charge on any atom is 0.133 e. The van der Waals surface area contributed by atoms with Crippen molar-refractivity contribution in [3.05, 3.63) is 17.6 Å². The summed E-state index contributed by atoms with van der Waals surface area (Å²) < 4.78 is 0. The van der Waals surface area contributed by atoms with Crippen molar-refractivity contribution in [2.45, 2.75) is 58.0 Å². The number of rotatable bonds is 2. The minimum atomic E-state index is 0.389. The lowest BCUT2D eigenvalue weighted by atomic mass is 10.1. The summed E-state index contributed by atoms with van der Waals surface area (Å²) in [7, 11) is 0. The molecule has 2 unspecified atom stereocenters. The molecule has 0 saturated carbocycles. The Bertz CT molecular complexity index is 457. The molecule has 2 saturated heterocycles. The molecule has 104 valence electrons. The molecular weight excluding hydrogens is 236 g/mol. The Kier molecular flexibility index (Phi) is 3.44. The van der Waals surface area contributed by atoms with Crippen molar-refractivity contribution >= 4 is 5.82 Å². The van der Waals surface area contributed by atoms with Crippen LogP contribution in [0.3, 0.4) is 0 Å². The topological polar surface area (TPSA) is 41.0 Å². The molecule has 2 atom stereocenters. The monoisotopic (exact) mass is 260 g/mol. The summed E-state index contributed by atoms with van der Waals surface area (Å²) in [5.74, 6) is 2.48. The van der Waals surface area contributed by atoms with Crippen molar-refractivity contribution in [3.63, 3.8) is 0 Å². The SMILES string of the molecule is Cc1cc(N2CCC3CCC(C2)N3)nc(C(C)C)n1. The first kappa shape index (κ1) is 12.9. The minimum Gasteiger partial charge on any atom is -0.355 e. The fourth-order valence-electron chi connectivity index (χ4n) is 3.15. The van der Waals surface area contributed by atoms with Crippen LogP contribution in [0, 0.1) is 6.92 Å². The number of hydrogen-bond donors (Lipinski definition) is 1. The van der Waals surface area contributed by atoms with E-state index in [9.17, 15) is 0 Å². The van der Waals surface area contributed by atoms with Gasteiger partial charge in [0.05, 0.1) is 0 Å². The van der Waals surface area contributed by atoms with Crippen LogP contribution in [0.1, 0.15) is 50.5 Å². The second-order valence-corrected chi connectivity index (χ2v) is 6.25. The first-order valence-electron chi connectivity index (χ1n) is 7.48. The Balaban J connectivity index is 1.85. The van der Waals surface area contributed by atoms with E-state index in [2.05, 4.69) is 42.0 Å². The Labute approximate surface area is 115 Å². The fourth-order valence-corrected chi connectivity index (χ4v) is 3.15. The summed E-state index contributed by atoms with van der Waals surface area (Å²) in [5, 5.41) is 3.72. The molecule has 2 bridgehead atoms. The van der Waals surface area contributed by atoms with Crippen molar-refractivity contribution in [1.29, 1.82) is 0 Å². The normalized spacial score (nSPS) is 26.8. The van der Waals surface area contributed by atoms with Crippen LogP contribution in [-0.4, -0.2) is 35.1 Å². The highest BCUT2D eigenvalue weighted by Gasteiger charge is 2.29. The van der Waals surface area contributed by atoms with Gasteiger partial charge in [0.25, 0.3) is 0 Å². The van der Waals surface area contributed by atoms with Gasteiger partial charge in [0.15, 0.2) is 0 Å². The number of fused-ring (bicyclic) bond motifs is 2. The van der Waals surface area contributed by atoms with E-state index in [1.807, 2.05) is 0 Å². The maximum absolute atomic E-state index is 4.77. The first-order valence-corrected chi connectivity index (χ1v) is 7.48. The van der Waals surface area contributed by atoms with Crippen LogP contribution in [0.2, 0.25) is 0 Å². The average Bonchev–Trinajstić information content (AvgIpc) is 2.68. The van der Waals surface area contributed by atoms with Gasteiger partial charge in [0.2, 0.25) is 0 Å². The summed E-state index contributed by atoms with van der Waals surface area (Å²) in [5.41, 5.74) is 1.08. The van der Waals surface area contributed by atoms with E-state index in [0.717, 1.165) is 36.5 Å². The van der Waals surface area contributed by atoms with Gasteiger partial charge < -0.3 is 10.2 Å². The molecule has 0 aliphatic carbocycles. The van der Waals surface area contributed by atoms with Crippen molar-refractivity contribution in [2.24, 2.45) is 0 Å². The standard InChI is InChI=1S/C15H24N4/c1-10(2)15-16-11(3)8-14(18-15)19-7-6-12-4-5-13(9-19)17-12/h8,10,12-13,17H,4-7,9H2,1-3H3. The average molecular weight is 260 g/mol. The van der Waals surface area contributed by atoms with Crippen molar-refractivity contribution in [3.8, 4) is 0 Å². The predicted molar refractivity (Wildman–Crippen MR) is 77.6 cm³/mol. The van der Waals surface area contributed by atoms with Crippen LogP contribution >= 0.6 is 0 Å². The second-order valence-electron chi connectivity index (χ2n) is 6.25. The van der Waals surface area contributed by atoms with E-state index in [0.29, 0.717) is 12.0 Å². The van der Waals surface area contributed by atoms with Crippen molar-refractivity contribution in [1.82, 2.24) is 15.3 Å². The van der Waals surface area contributed by atoms with E-state index in [4.69, 9.17) is 4.98 Å². The number of nitrogens with zero attached hydrogens (tertiary/aromatic N) is 3. The van der Waals surface area contributed by atoms with E-state index in [-0.39, 0.29) is 0 Å². The maximum atomic E-state index is 4.77. The number of anilines is 1. The quantitative estimate of drug-likeness (QED) is 0.885. The van der Waals surface area contributed by atoms with Gasteiger partial charge in [-0.25, -0.2) is 9.97 Å². The third-order valence-electron chi connectivity index (χ3n) is 4.22. The van der Waals surface area contributed by atoms with Crippen LogP contribution in [-0.2, 0) is 0 Å². The van der Waals surface area contributed by atoms with E-state index in [1.165, 1.54) is 19.3 Å². The molecule has 1 aromatic heterocycles. The lowest BCUT2D eigenvalue weighted by Gasteiger charge is -2.26. The lowest BCUT2D eigenvalue weighted by Crippen LogP contribution is -2.36. The Morgan fingerprint density at radius 2 is 2.00 bits per heavy atom. The Morgan fingerprint density at radius 3 is 2.79 bits per heavy atom. The molecule has 4 nitrogen and oxygen atoms in total. The highest BCUT2D eigenvalue weighted by Crippen LogP contribution is 2.24. The summed E-state index contributed by atoms with van der Waals surface area (Å²) in [6, 6.07) is 3.50. The van der Waals surface area contributed by atoms with Gasteiger partial charge in [0.1, 0.15) is 11.6 Å². The molecule has 3 rings (SSSR count). The minimum absolute atomic E-state index is 0.389. The molecule has 19 heavy (non-hydrogen) atoms. The van der Waals surface area contributed by atoms with Gasteiger partial charge in [-0.1, -0.05) is 13.8 Å². The predicted octanol–water partition coefficient (Wildman–Crippen LogP) is 2.24. The van der Waals surface area contributed by atoms with Gasteiger partial charge >= 0.3 is 0 Å². The molecule has 2 aliphatic heterocycles. The van der Waals surface area contributed by atoms with Crippen LogP contribution in [0.15, 0.2) is 6.07 Å². The molecule has 4 heteroatoms. The Morgan fingerprint density at radius 1 is 1.21 bits per heavy atom. The number of aryl methyl sites for hydroxylation is 1. The molecule has 0 spiro atoms. The second kappa shape index (κ2) is 5.08. The third kappa shape index (κ3) is 2.73. The smallest absolute Gasteiger partial charge is 0.133 e. The number of aromatic nitrogens is 2. The third-order valence-corrected chi connectivity index (χ3v) is 4.22. The van der Waals surface area contributed by atoms with E-state index in [1.54, 1.807) is 0 Å². The summed E-state index contributed by atoms with van der Waals surface area (Å²) in [6.45, 7) is 8.58.